The number of benzene rings is 3. The lowest BCUT2D eigenvalue weighted by Gasteiger charge is -2.23. The Morgan fingerprint density at radius 1 is 1.12 bits per heavy atom. The van der Waals surface area contributed by atoms with Gasteiger partial charge in [0.1, 0.15) is 11.9 Å². The minimum Gasteiger partial charge on any atom is -0.481 e. The summed E-state index contributed by atoms with van der Waals surface area (Å²) in [5, 5.41) is 9.12. The van der Waals surface area contributed by atoms with Crippen LogP contribution in [0, 0.1) is 12.7 Å². The number of ether oxygens (including phenoxy) is 1. The van der Waals surface area contributed by atoms with Crippen LogP contribution in [0.3, 0.4) is 0 Å². The van der Waals surface area contributed by atoms with Gasteiger partial charge in [-0.2, -0.15) is 0 Å². The van der Waals surface area contributed by atoms with E-state index in [9.17, 15) is 14.0 Å². The number of halogens is 1. The first-order chi connectivity index (χ1) is 15.4. The molecule has 0 spiro atoms. The Bertz CT molecular complexity index is 1240. The van der Waals surface area contributed by atoms with Gasteiger partial charge in [-0.1, -0.05) is 54.1 Å². The fourth-order valence-corrected chi connectivity index (χ4v) is 4.85. The van der Waals surface area contributed by atoms with Crippen molar-refractivity contribution in [1.29, 1.82) is 0 Å². The van der Waals surface area contributed by atoms with E-state index in [4.69, 9.17) is 9.84 Å². The highest BCUT2D eigenvalue weighted by Crippen LogP contribution is 2.44. The number of hydrogen-bond acceptors (Lipinski definition) is 3. The predicted octanol–water partition coefficient (Wildman–Crippen LogP) is 5.05. The Labute approximate surface area is 185 Å². The Kier molecular flexibility index (Phi) is 4.93. The van der Waals surface area contributed by atoms with Crippen LogP contribution < -0.4 is 0 Å². The van der Waals surface area contributed by atoms with Crippen molar-refractivity contribution in [3.8, 4) is 11.1 Å². The molecule has 3 aromatic carbocycles. The molecule has 0 aromatic heterocycles. The highest BCUT2D eigenvalue weighted by molar-refractivity contribution is 5.75. The molecule has 1 fully saturated rings. The van der Waals surface area contributed by atoms with Gasteiger partial charge in [-0.25, -0.2) is 9.18 Å². The van der Waals surface area contributed by atoms with Gasteiger partial charge in [0.05, 0.1) is 19.0 Å². The van der Waals surface area contributed by atoms with Crippen molar-refractivity contribution in [2.45, 2.75) is 38.5 Å². The number of aliphatic carboxylic acids is 1. The normalized spacial score (nSPS) is 18.9. The van der Waals surface area contributed by atoms with E-state index in [2.05, 4.69) is 6.07 Å². The minimum atomic E-state index is -0.975. The summed E-state index contributed by atoms with van der Waals surface area (Å²) in [5.41, 5.74) is 5.53. The van der Waals surface area contributed by atoms with Crippen LogP contribution in [0.4, 0.5) is 9.18 Å². The van der Waals surface area contributed by atoms with Crippen LogP contribution in [-0.2, 0) is 28.9 Å². The standard InChI is InChI=1S/C26H22FNO4/c1-15-6-8-19(21-11-16(12-24(29)30)7-9-22(21)27)18(10-15)14-28-25-20-5-3-2-4-17(20)13-23(25)32-26(28)31/h2-11,23,25H,12-14H2,1H3,(H,29,30)/t23-,25+/m1/s1. The quantitative estimate of drug-likeness (QED) is 0.614. The van der Waals surface area contributed by atoms with E-state index in [1.54, 1.807) is 11.0 Å². The third kappa shape index (κ3) is 3.51. The van der Waals surface area contributed by atoms with Crippen molar-refractivity contribution in [3.05, 3.63) is 94.3 Å². The second kappa shape index (κ2) is 7.79. The lowest BCUT2D eigenvalue weighted by atomic mass is 9.94. The number of nitrogens with zero attached hydrogens (tertiary/aromatic N) is 1. The first kappa shape index (κ1) is 20.2. The number of hydrogen-bond donors (Lipinski definition) is 1. The second-order valence-electron chi connectivity index (χ2n) is 8.44. The number of amides is 1. The number of rotatable bonds is 5. The van der Waals surface area contributed by atoms with Crippen LogP contribution in [0.15, 0.2) is 60.7 Å². The molecule has 162 valence electrons. The Morgan fingerprint density at radius 2 is 1.94 bits per heavy atom. The van der Waals surface area contributed by atoms with Crippen LogP contribution >= 0.6 is 0 Å². The van der Waals surface area contributed by atoms with Crippen LogP contribution in [0.1, 0.15) is 33.9 Å². The molecule has 2 atom stereocenters. The van der Waals surface area contributed by atoms with Crippen LogP contribution in [0.5, 0.6) is 0 Å². The molecule has 0 unspecified atom stereocenters. The zero-order valence-electron chi connectivity index (χ0n) is 17.5. The summed E-state index contributed by atoms with van der Waals surface area (Å²) in [7, 11) is 0. The molecular weight excluding hydrogens is 409 g/mol. The van der Waals surface area contributed by atoms with Crippen LogP contribution in [0.2, 0.25) is 0 Å². The molecule has 1 aliphatic carbocycles. The maximum absolute atomic E-state index is 14.8. The number of carbonyl (C=O) groups is 2. The molecule has 0 saturated carbocycles. The molecule has 6 heteroatoms. The highest BCUT2D eigenvalue weighted by Gasteiger charge is 2.47. The molecule has 1 amide bonds. The van der Waals surface area contributed by atoms with Crippen LogP contribution in [-0.4, -0.2) is 28.2 Å². The van der Waals surface area contributed by atoms with Gasteiger partial charge in [0.25, 0.3) is 0 Å². The van der Waals surface area contributed by atoms with Gasteiger partial charge >= 0.3 is 12.1 Å². The summed E-state index contributed by atoms with van der Waals surface area (Å²) >= 11 is 0. The molecule has 3 aromatic rings. The third-order valence-corrected chi connectivity index (χ3v) is 6.25. The van der Waals surface area contributed by atoms with Crippen molar-refractivity contribution in [3.63, 3.8) is 0 Å². The average Bonchev–Trinajstić information content (AvgIpc) is 3.25. The van der Waals surface area contributed by atoms with E-state index in [1.165, 1.54) is 17.7 Å². The summed E-state index contributed by atoms with van der Waals surface area (Å²) in [6.45, 7) is 2.22. The lowest BCUT2D eigenvalue weighted by molar-refractivity contribution is -0.136. The number of carboxylic acids is 1. The van der Waals surface area contributed by atoms with Crippen molar-refractivity contribution < 1.29 is 23.8 Å². The maximum Gasteiger partial charge on any atom is 0.411 e. The number of aryl methyl sites for hydroxylation is 1. The molecule has 1 N–H and O–H groups in total. The Balaban J connectivity index is 1.54. The van der Waals surface area contributed by atoms with E-state index in [0.29, 0.717) is 23.1 Å². The smallest absolute Gasteiger partial charge is 0.411 e. The van der Waals surface area contributed by atoms with E-state index >= 15 is 0 Å². The Morgan fingerprint density at radius 3 is 2.75 bits per heavy atom. The van der Waals surface area contributed by atoms with E-state index in [0.717, 1.165) is 16.7 Å². The zero-order valence-corrected chi connectivity index (χ0v) is 17.5. The van der Waals surface area contributed by atoms with E-state index < -0.39 is 11.8 Å². The van der Waals surface area contributed by atoms with Gasteiger partial charge in [-0.3, -0.25) is 9.69 Å². The van der Waals surface area contributed by atoms with Gasteiger partial charge in [0.2, 0.25) is 0 Å². The van der Waals surface area contributed by atoms with Gasteiger partial charge in [0.15, 0.2) is 0 Å². The molecule has 2 aliphatic rings. The summed E-state index contributed by atoms with van der Waals surface area (Å²) in [5.74, 6) is -1.41. The lowest BCUT2D eigenvalue weighted by Crippen LogP contribution is -2.27. The van der Waals surface area contributed by atoms with Crippen molar-refractivity contribution in [2.24, 2.45) is 0 Å². The van der Waals surface area contributed by atoms with Gasteiger partial charge < -0.3 is 9.84 Å². The number of fused-ring (bicyclic) bond motifs is 3. The molecule has 1 saturated heterocycles. The SMILES string of the molecule is Cc1ccc(-c2cc(CC(=O)O)ccc2F)c(CN2C(=O)O[C@@H]3Cc4ccccc4[C@@H]32)c1. The monoisotopic (exact) mass is 431 g/mol. The molecule has 0 bridgehead atoms. The average molecular weight is 431 g/mol. The first-order valence-electron chi connectivity index (χ1n) is 10.6. The van der Waals surface area contributed by atoms with E-state index in [1.807, 2.05) is 43.3 Å². The number of carbonyl (C=O) groups excluding carboxylic acids is 1. The minimum absolute atomic E-state index is 0.171. The molecule has 32 heavy (non-hydrogen) atoms. The third-order valence-electron chi connectivity index (χ3n) is 6.25. The Hall–Kier alpha value is -3.67. The van der Waals surface area contributed by atoms with Crippen LogP contribution in [0.25, 0.3) is 11.1 Å². The fraction of sp³-hybridized carbons (Fsp3) is 0.231. The van der Waals surface area contributed by atoms with Crippen molar-refractivity contribution in [1.82, 2.24) is 4.90 Å². The topological polar surface area (TPSA) is 66.8 Å². The fourth-order valence-electron chi connectivity index (χ4n) is 4.85. The van der Waals surface area contributed by atoms with Gasteiger partial charge in [-0.05, 0) is 46.9 Å². The largest absolute Gasteiger partial charge is 0.481 e. The molecule has 1 aliphatic heterocycles. The molecule has 1 heterocycles. The van der Waals surface area contributed by atoms with Crippen molar-refractivity contribution >= 4 is 12.1 Å². The second-order valence-corrected chi connectivity index (χ2v) is 8.44. The summed E-state index contributed by atoms with van der Waals surface area (Å²) < 4.78 is 20.5. The molecule has 5 nitrogen and oxygen atoms in total. The van der Waals surface area contributed by atoms with E-state index in [-0.39, 0.29) is 31.2 Å². The molecule has 5 rings (SSSR count). The molecule has 0 radical (unpaired) electrons. The van der Waals surface area contributed by atoms with Gasteiger partial charge in [0, 0.05) is 12.0 Å². The highest BCUT2D eigenvalue weighted by atomic mass is 19.1. The predicted molar refractivity (Wildman–Crippen MR) is 117 cm³/mol. The van der Waals surface area contributed by atoms with Gasteiger partial charge in [-0.15, -0.1) is 0 Å². The molecular formula is C26H22FNO4. The number of carboxylic acid groups (broad SMARTS) is 1. The maximum atomic E-state index is 14.8. The summed E-state index contributed by atoms with van der Waals surface area (Å²) in [6.07, 6.45) is -0.0888. The first-order valence-corrected chi connectivity index (χ1v) is 10.6. The summed E-state index contributed by atoms with van der Waals surface area (Å²) in [4.78, 5) is 25.6. The summed E-state index contributed by atoms with van der Waals surface area (Å²) in [6, 6.07) is 17.9. The van der Waals surface area contributed by atoms with Crippen molar-refractivity contribution in [2.75, 3.05) is 0 Å². The zero-order chi connectivity index (χ0) is 22.4.